The molecule has 3 amide bonds. The second-order valence-corrected chi connectivity index (χ2v) is 7.21. The van der Waals surface area contributed by atoms with Crippen molar-refractivity contribution in [3.05, 3.63) is 69.3 Å². The van der Waals surface area contributed by atoms with Crippen LogP contribution in [0.3, 0.4) is 0 Å². The van der Waals surface area contributed by atoms with E-state index in [0.717, 1.165) is 28.3 Å². The lowest BCUT2D eigenvalue weighted by Crippen LogP contribution is -2.27. The maximum atomic E-state index is 13.1. The van der Waals surface area contributed by atoms with Crippen LogP contribution >= 0.6 is 23.4 Å². The van der Waals surface area contributed by atoms with Crippen molar-refractivity contribution in [2.75, 3.05) is 5.32 Å². The van der Waals surface area contributed by atoms with Crippen LogP contribution in [-0.2, 0) is 16.1 Å². The van der Waals surface area contributed by atoms with E-state index < -0.39 is 17.0 Å². The smallest absolute Gasteiger partial charge is 0.293 e. The van der Waals surface area contributed by atoms with E-state index in [4.69, 9.17) is 11.6 Å². The van der Waals surface area contributed by atoms with Gasteiger partial charge < -0.3 is 5.32 Å². The minimum Gasteiger partial charge on any atom is -0.326 e. The van der Waals surface area contributed by atoms with Crippen LogP contribution in [0.5, 0.6) is 0 Å². The van der Waals surface area contributed by atoms with Crippen molar-refractivity contribution in [1.29, 1.82) is 0 Å². The number of thioether (sulfide) groups is 1. The Bertz CT molecular complexity index is 960. The van der Waals surface area contributed by atoms with Crippen molar-refractivity contribution in [3.8, 4) is 0 Å². The van der Waals surface area contributed by atoms with Gasteiger partial charge in [0.25, 0.3) is 11.1 Å². The van der Waals surface area contributed by atoms with Crippen molar-refractivity contribution < 1.29 is 18.8 Å². The molecular formula is C19H14ClFN2O3S. The van der Waals surface area contributed by atoms with Gasteiger partial charge in [-0.2, -0.15) is 0 Å². The van der Waals surface area contributed by atoms with Crippen LogP contribution in [0, 0.1) is 5.82 Å². The third kappa shape index (κ3) is 4.56. The minimum absolute atomic E-state index is 0.0252. The molecule has 5 nitrogen and oxygen atoms in total. The summed E-state index contributed by atoms with van der Waals surface area (Å²) in [4.78, 5) is 37.2. The summed E-state index contributed by atoms with van der Waals surface area (Å²) in [5, 5.41) is 2.40. The lowest BCUT2D eigenvalue weighted by atomic mass is 10.1. The Morgan fingerprint density at radius 1 is 1.22 bits per heavy atom. The summed E-state index contributed by atoms with van der Waals surface area (Å²) in [5.74, 6) is -1.10. The second kappa shape index (κ2) is 7.94. The van der Waals surface area contributed by atoms with Crippen LogP contribution in [0.2, 0.25) is 5.02 Å². The molecule has 1 saturated heterocycles. The largest absolute Gasteiger partial charge is 0.326 e. The summed E-state index contributed by atoms with van der Waals surface area (Å²) in [7, 11) is 0. The first-order valence-corrected chi connectivity index (χ1v) is 9.10. The molecule has 3 rings (SSSR count). The van der Waals surface area contributed by atoms with Gasteiger partial charge in [0.15, 0.2) is 0 Å². The summed E-state index contributed by atoms with van der Waals surface area (Å²) < 4.78 is 13.1. The van der Waals surface area contributed by atoms with Crippen molar-refractivity contribution in [2.45, 2.75) is 13.5 Å². The average Bonchev–Trinajstić information content (AvgIpc) is 2.86. The van der Waals surface area contributed by atoms with Crippen molar-refractivity contribution in [1.82, 2.24) is 4.90 Å². The molecule has 0 aromatic heterocycles. The SMILES string of the molecule is CC(=O)Nc1ccc(C=C2SC(=O)N(Cc3ccc(F)cc3Cl)C2=O)cc1. The molecule has 0 radical (unpaired) electrons. The molecule has 0 saturated carbocycles. The highest BCUT2D eigenvalue weighted by Gasteiger charge is 2.35. The van der Waals surface area contributed by atoms with Gasteiger partial charge in [-0.3, -0.25) is 19.3 Å². The maximum Gasteiger partial charge on any atom is 0.293 e. The Labute approximate surface area is 164 Å². The van der Waals surface area contributed by atoms with E-state index in [1.165, 1.54) is 19.1 Å². The number of nitrogens with one attached hydrogen (secondary N) is 1. The van der Waals surface area contributed by atoms with Gasteiger partial charge in [0.1, 0.15) is 5.82 Å². The minimum atomic E-state index is -0.486. The fraction of sp³-hybridized carbons (Fsp3) is 0.105. The van der Waals surface area contributed by atoms with Crippen LogP contribution in [-0.4, -0.2) is 22.0 Å². The van der Waals surface area contributed by atoms with Crippen molar-refractivity contribution >= 4 is 52.2 Å². The topological polar surface area (TPSA) is 66.5 Å². The molecule has 138 valence electrons. The summed E-state index contributed by atoms with van der Waals surface area (Å²) in [6.07, 6.45) is 1.61. The molecule has 1 aliphatic rings. The van der Waals surface area contributed by atoms with Crippen molar-refractivity contribution in [3.63, 3.8) is 0 Å². The quantitative estimate of drug-likeness (QED) is 0.752. The molecule has 0 bridgehead atoms. The zero-order valence-electron chi connectivity index (χ0n) is 14.2. The molecule has 8 heteroatoms. The Balaban J connectivity index is 1.77. The Hall–Kier alpha value is -2.64. The van der Waals surface area contributed by atoms with Crippen molar-refractivity contribution in [2.24, 2.45) is 0 Å². The molecule has 1 heterocycles. The number of rotatable bonds is 4. The van der Waals surface area contributed by atoms with Gasteiger partial charge in [-0.1, -0.05) is 29.8 Å². The van der Waals surface area contributed by atoms with E-state index in [0.29, 0.717) is 11.3 Å². The second-order valence-electron chi connectivity index (χ2n) is 5.81. The number of amides is 3. The molecule has 27 heavy (non-hydrogen) atoms. The normalized spacial score (nSPS) is 15.5. The van der Waals surface area contributed by atoms with E-state index >= 15 is 0 Å². The van der Waals surface area contributed by atoms with Crippen LogP contribution in [0.1, 0.15) is 18.1 Å². The number of carbonyl (C=O) groups is 3. The Morgan fingerprint density at radius 3 is 2.56 bits per heavy atom. The molecule has 0 spiro atoms. The maximum absolute atomic E-state index is 13.1. The van der Waals surface area contributed by atoms with Gasteiger partial charge in [-0.05, 0) is 53.2 Å². The van der Waals surface area contributed by atoms with E-state index in [-0.39, 0.29) is 22.4 Å². The van der Waals surface area contributed by atoms with Gasteiger partial charge in [0.05, 0.1) is 11.4 Å². The Kier molecular flexibility index (Phi) is 5.62. The third-order valence-corrected chi connectivity index (χ3v) is 5.01. The van der Waals surface area contributed by atoms with E-state index in [2.05, 4.69) is 5.32 Å². The molecular weight excluding hydrogens is 391 g/mol. The highest BCUT2D eigenvalue weighted by atomic mass is 35.5. The summed E-state index contributed by atoms with van der Waals surface area (Å²) in [5.41, 5.74) is 1.84. The summed E-state index contributed by atoms with van der Waals surface area (Å²) >= 11 is 6.81. The molecule has 1 aliphatic heterocycles. The molecule has 2 aromatic rings. The van der Waals surface area contributed by atoms with E-state index in [9.17, 15) is 18.8 Å². The van der Waals surface area contributed by atoms with Crippen LogP contribution in [0.15, 0.2) is 47.4 Å². The number of nitrogens with zero attached hydrogens (tertiary/aromatic N) is 1. The van der Waals surface area contributed by atoms with E-state index in [1.807, 2.05) is 0 Å². The number of imide groups is 1. The first kappa shape index (κ1) is 19.1. The predicted molar refractivity (Wildman–Crippen MR) is 104 cm³/mol. The Morgan fingerprint density at radius 2 is 1.93 bits per heavy atom. The molecule has 0 aliphatic carbocycles. The lowest BCUT2D eigenvalue weighted by Gasteiger charge is -2.13. The molecule has 0 atom stereocenters. The first-order valence-electron chi connectivity index (χ1n) is 7.90. The standard InChI is InChI=1S/C19H14ClFN2O3S/c1-11(24)22-15-6-2-12(3-7-15)8-17-18(25)23(19(26)27-17)10-13-4-5-14(21)9-16(13)20/h2-9H,10H2,1H3,(H,22,24). The summed E-state index contributed by atoms with van der Waals surface area (Å²) in [6.45, 7) is 1.39. The molecule has 2 aromatic carbocycles. The fourth-order valence-electron chi connectivity index (χ4n) is 2.47. The zero-order chi connectivity index (χ0) is 19.6. The van der Waals surface area contributed by atoms with Gasteiger partial charge in [0, 0.05) is 17.6 Å². The third-order valence-electron chi connectivity index (χ3n) is 3.75. The van der Waals surface area contributed by atoms with Gasteiger partial charge >= 0.3 is 0 Å². The highest BCUT2D eigenvalue weighted by Crippen LogP contribution is 2.34. The number of carbonyl (C=O) groups excluding carboxylic acids is 3. The number of anilines is 1. The number of hydrogen-bond acceptors (Lipinski definition) is 4. The predicted octanol–water partition coefficient (Wildman–Crippen LogP) is 4.67. The average molecular weight is 405 g/mol. The van der Waals surface area contributed by atoms with Crippen LogP contribution in [0.4, 0.5) is 14.9 Å². The first-order chi connectivity index (χ1) is 12.8. The molecule has 1 N–H and O–H groups in total. The molecule has 0 unspecified atom stereocenters. The number of hydrogen-bond donors (Lipinski definition) is 1. The van der Waals surface area contributed by atoms with E-state index in [1.54, 1.807) is 30.3 Å². The lowest BCUT2D eigenvalue weighted by molar-refractivity contribution is -0.123. The number of benzene rings is 2. The van der Waals surface area contributed by atoms with Gasteiger partial charge in [-0.15, -0.1) is 0 Å². The fourth-order valence-corrected chi connectivity index (χ4v) is 3.54. The monoisotopic (exact) mass is 404 g/mol. The molecule has 1 fully saturated rings. The van der Waals surface area contributed by atoms with Crippen LogP contribution in [0.25, 0.3) is 6.08 Å². The highest BCUT2D eigenvalue weighted by molar-refractivity contribution is 8.18. The zero-order valence-corrected chi connectivity index (χ0v) is 15.7. The number of halogens is 2. The van der Waals surface area contributed by atoms with Gasteiger partial charge in [0.2, 0.25) is 5.91 Å². The van der Waals surface area contributed by atoms with Crippen LogP contribution < -0.4 is 5.32 Å². The van der Waals surface area contributed by atoms with Gasteiger partial charge in [-0.25, -0.2) is 4.39 Å². The summed E-state index contributed by atoms with van der Waals surface area (Å²) in [6, 6.07) is 10.7.